The summed E-state index contributed by atoms with van der Waals surface area (Å²) < 4.78 is 63.2. The van der Waals surface area contributed by atoms with E-state index in [9.17, 15) is 22.0 Å². The number of halogens is 5. The van der Waals surface area contributed by atoms with Crippen molar-refractivity contribution in [2.24, 2.45) is 7.05 Å². The van der Waals surface area contributed by atoms with Gasteiger partial charge in [-0.1, -0.05) is 6.58 Å². The number of alkyl halides is 5. The maximum Gasteiger partial charge on any atom is 0.435 e. The van der Waals surface area contributed by atoms with Crippen molar-refractivity contribution in [3.8, 4) is 0 Å². The molecular formula is C9H9F5N2. The van der Waals surface area contributed by atoms with Crippen molar-refractivity contribution in [1.82, 2.24) is 9.78 Å². The first-order valence-electron chi connectivity index (χ1n) is 4.22. The van der Waals surface area contributed by atoms with E-state index in [4.69, 9.17) is 0 Å². The van der Waals surface area contributed by atoms with E-state index in [1.165, 1.54) is 0 Å². The third kappa shape index (κ3) is 2.40. The number of aryl methyl sites for hydroxylation is 1. The normalized spacial score (nSPS) is 12.9. The largest absolute Gasteiger partial charge is 0.435 e. The summed E-state index contributed by atoms with van der Waals surface area (Å²) in [4.78, 5) is 0. The molecule has 0 unspecified atom stereocenters. The topological polar surface area (TPSA) is 17.8 Å². The Morgan fingerprint density at radius 2 is 1.81 bits per heavy atom. The number of hydrogen-bond acceptors (Lipinski definition) is 1. The van der Waals surface area contributed by atoms with Gasteiger partial charge in [-0.2, -0.15) is 18.3 Å². The zero-order valence-electron chi connectivity index (χ0n) is 8.57. The molecule has 0 amide bonds. The maximum atomic E-state index is 12.9. The summed E-state index contributed by atoms with van der Waals surface area (Å²) in [6.45, 7) is 3.64. The fourth-order valence-electron chi connectivity index (χ4n) is 1.11. The first-order chi connectivity index (χ1) is 7.03. The lowest BCUT2D eigenvalue weighted by Gasteiger charge is -2.13. The van der Waals surface area contributed by atoms with Crippen molar-refractivity contribution in [2.45, 2.75) is 19.0 Å². The molecule has 2 nitrogen and oxygen atoms in total. The van der Waals surface area contributed by atoms with E-state index in [2.05, 4.69) is 11.7 Å². The van der Waals surface area contributed by atoms with Gasteiger partial charge in [0.1, 0.15) is 0 Å². The summed E-state index contributed by atoms with van der Waals surface area (Å²) >= 11 is 0. The molecule has 0 bridgehead atoms. The minimum Gasteiger partial charge on any atom is -0.267 e. The molecule has 1 heterocycles. The molecule has 0 saturated heterocycles. The van der Waals surface area contributed by atoms with E-state index in [-0.39, 0.29) is 5.69 Å². The van der Waals surface area contributed by atoms with Crippen molar-refractivity contribution in [1.29, 1.82) is 0 Å². The average Bonchev–Trinajstić information content (AvgIpc) is 2.43. The van der Waals surface area contributed by atoms with Crippen molar-refractivity contribution in [3.63, 3.8) is 0 Å². The lowest BCUT2D eigenvalue weighted by Crippen LogP contribution is -2.14. The van der Waals surface area contributed by atoms with Crippen LogP contribution >= 0.6 is 0 Å². The zero-order chi connectivity index (χ0) is 12.7. The molecule has 0 N–H and O–H groups in total. The lowest BCUT2D eigenvalue weighted by atomic mass is 10.1. The van der Waals surface area contributed by atoms with Gasteiger partial charge in [0.15, 0.2) is 5.69 Å². The van der Waals surface area contributed by atoms with Gasteiger partial charge in [0.2, 0.25) is 0 Å². The van der Waals surface area contributed by atoms with Crippen LogP contribution in [0.25, 0.3) is 5.57 Å². The summed E-state index contributed by atoms with van der Waals surface area (Å²) in [6, 6.07) is 0.555. The minimum atomic E-state index is -4.65. The molecule has 0 fully saturated rings. The quantitative estimate of drug-likeness (QED) is 0.726. The first kappa shape index (κ1) is 12.7. The number of allylic oxidation sites excluding steroid dienone is 1. The second kappa shape index (κ2) is 3.57. The van der Waals surface area contributed by atoms with Crippen LogP contribution in [-0.2, 0) is 13.2 Å². The van der Waals surface area contributed by atoms with Gasteiger partial charge < -0.3 is 0 Å². The number of rotatable bonds is 2. The molecule has 0 aliphatic carbocycles. The van der Waals surface area contributed by atoms with Crippen molar-refractivity contribution < 1.29 is 22.0 Å². The Hall–Kier alpha value is -1.40. The molecule has 0 spiro atoms. The van der Waals surface area contributed by atoms with Crippen LogP contribution < -0.4 is 0 Å². The standard InChI is InChI=1S/C9H9F5N2/c1-5(8(2,10)11)6-4-7(9(12,13)14)15-16(6)3/h4H,1H2,2-3H3. The molecule has 0 aromatic carbocycles. The van der Waals surface area contributed by atoms with Crippen LogP contribution in [0, 0.1) is 0 Å². The van der Waals surface area contributed by atoms with Gasteiger partial charge in [-0.05, 0) is 6.07 Å². The minimum absolute atomic E-state index is 0.333. The van der Waals surface area contributed by atoms with E-state index in [1.54, 1.807) is 0 Å². The summed E-state index contributed by atoms with van der Waals surface area (Å²) in [5.41, 5.74) is -2.24. The van der Waals surface area contributed by atoms with Gasteiger partial charge in [-0.15, -0.1) is 0 Å². The van der Waals surface area contributed by atoms with Crippen molar-refractivity contribution in [3.05, 3.63) is 24.0 Å². The highest BCUT2D eigenvalue weighted by Gasteiger charge is 2.37. The second-order valence-electron chi connectivity index (χ2n) is 3.40. The van der Waals surface area contributed by atoms with Gasteiger partial charge in [0.25, 0.3) is 5.92 Å². The highest BCUT2D eigenvalue weighted by Crippen LogP contribution is 2.34. The van der Waals surface area contributed by atoms with Crippen LogP contribution in [0.1, 0.15) is 18.3 Å². The average molecular weight is 240 g/mol. The Labute approximate surface area is 88.4 Å². The van der Waals surface area contributed by atoms with Crippen molar-refractivity contribution in [2.75, 3.05) is 0 Å². The Bertz CT molecular complexity index is 411. The fraction of sp³-hybridized carbons (Fsp3) is 0.444. The van der Waals surface area contributed by atoms with Gasteiger partial charge in [-0.3, -0.25) is 4.68 Å². The Morgan fingerprint density at radius 3 is 2.12 bits per heavy atom. The van der Waals surface area contributed by atoms with Gasteiger partial charge in [0.05, 0.1) is 5.69 Å². The highest BCUT2D eigenvalue weighted by molar-refractivity contribution is 5.66. The number of aromatic nitrogens is 2. The van der Waals surface area contributed by atoms with E-state index in [0.29, 0.717) is 13.0 Å². The molecule has 16 heavy (non-hydrogen) atoms. The molecule has 0 saturated carbocycles. The van der Waals surface area contributed by atoms with Crippen LogP contribution in [0.3, 0.4) is 0 Å². The van der Waals surface area contributed by atoms with Gasteiger partial charge in [0, 0.05) is 19.5 Å². The molecule has 1 rings (SSSR count). The lowest BCUT2D eigenvalue weighted by molar-refractivity contribution is -0.141. The molecular weight excluding hydrogens is 231 g/mol. The molecule has 0 atom stereocenters. The van der Waals surface area contributed by atoms with Crippen LogP contribution in [0.5, 0.6) is 0 Å². The third-order valence-corrected chi connectivity index (χ3v) is 2.01. The zero-order valence-corrected chi connectivity index (χ0v) is 8.57. The predicted octanol–water partition coefficient (Wildman–Crippen LogP) is 3.11. The molecule has 90 valence electrons. The SMILES string of the molecule is C=C(c1cc(C(F)(F)F)nn1C)C(C)(F)F. The molecule has 7 heteroatoms. The Kier molecular flexibility index (Phi) is 2.82. The van der Waals surface area contributed by atoms with Crippen LogP contribution in [0.15, 0.2) is 12.6 Å². The number of hydrogen-bond donors (Lipinski definition) is 0. The van der Waals surface area contributed by atoms with E-state index in [0.717, 1.165) is 11.7 Å². The molecule has 0 aliphatic heterocycles. The van der Waals surface area contributed by atoms with Crippen LogP contribution in [0.4, 0.5) is 22.0 Å². The predicted molar refractivity (Wildman–Crippen MR) is 47.9 cm³/mol. The van der Waals surface area contributed by atoms with E-state index < -0.39 is 23.4 Å². The van der Waals surface area contributed by atoms with E-state index in [1.807, 2.05) is 0 Å². The molecule has 0 aliphatic rings. The van der Waals surface area contributed by atoms with E-state index >= 15 is 0 Å². The van der Waals surface area contributed by atoms with Crippen LogP contribution in [0.2, 0.25) is 0 Å². The molecule has 1 aromatic heterocycles. The third-order valence-electron chi connectivity index (χ3n) is 2.01. The Balaban J connectivity index is 3.18. The number of nitrogens with zero attached hydrogens (tertiary/aromatic N) is 2. The molecule has 1 aromatic rings. The highest BCUT2D eigenvalue weighted by atomic mass is 19.4. The summed E-state index contributed by atoms with van der Waals surface area (Å²) in [5.74, 6) is -3.28. The Morgan fingerprint density at radius 1 is 1.31 bits per heavy atom. The first-order valence-corrected chi connectivity index (χ1v) is 4.22. The summed E-state index contributed by atoms with van der Waals surface area (Å²) in [5, 5.41) is 3.11. The smallest absolute Gasteiger partial charge is 0.267 e. The monoisotopic (exact) mass is 240 g/mol. The van der Waals surface area contributed by atoms with Gasteiger partial charge >= 0.3 is 6.18 Å². The second-order valence-corrected chi connectivity index (χ2v) is 3.40. The van der Waals surface area contributed by atoms with Crippen LogP contribution in [-0.4, -0.2) is 15.7 Å². The van der Waals surface area contributed by atoms with Gasteiger partial charge in [-0.25, -0.2) is 8.78 Å². The fourth-order valence-corrected chi connectivity index (χ4v) is 1.11. The summed E-state index contributed by atoms with van der Waals surface area (Å²) in [6.07, 6.45) is -4.65. The maximum absolute atomic E-state index is 12.9. The molecule has 0 radical (unpaired) electrons. The summed E-state index contributed by atoms with van der Waals surface area (Å²) in [7, 11) is 1.15. The van der Waals surface area contributed by atoms with Crippen molar-refractivity contribution >= 4 is 5.57 Å².